The second kappa shape index (κ2) is 6.76. The van der Waals surface area contributed by atoms with Gasteiger partial charge in [0.15, 0.2) is 0 Å². The summed E-state index contributed by atoms with van der Waals surface area (Å²) in [5.41, 5.74) is 1.94. The Labute approximate surface area is 128 Å². The van der Waals surface area contributed by atoms with Crippen LogP contribution in [0.15, 0.2) is 30.6 Å². The van der Waals surface area contributed by atoms with Gasteiger partial charge in [0, 0.05) is 38.9 Å². The van der Waals surface area contributed by atoms with Gasteiger partial charge in [-0.2, -0.15) is 5.10 Å². The molecule has 1 aromatic heterocycles. The van der Waals surface area contributed by atoms with E-state index in [4.69, 9.17) is 9.47 Å². The maximum Gasteiger partial charge on any atom is 0.130 e. The van der Waals surface area contributed by atoms with Crippen LogP contribution in [0.3, 0.4) is 0 Å². The Morgan fingerprint density at radius 1 is 1.11 bits per heavy atom. The number of rotatable bonds is 4. The molecular formula is C14H18N2O2Pt. The third-order valence-electron chi connectivity index (χ3n) is 2.85. The number of methoxy groups -OCH3 is 2. The SMILES string of the molecule is COc1cccc(OC)c1-c1cnn(C(C)C)c1.[Pt]. The van der Waals surface area contributed by atoms with E-state index in [1.165, 1.54) is 0 Å². The normalized spacial score (nSPS) is 10.2. The van der Waals surface area contributed by atoms with Crippen LogP contribution in [0, 0.1) is 0 Å². The van der Waals surface area contributed by atoms with E-state index in [0.29, 0.717) is 6.04 Å². The van der Waals surface area contributed by atoms with E-state index in [1.54, 1.807) is 14.2 Å². The van der Waals surface area contributed by atoms with Crippen LogP contribution in [-0.2, 0) is 21.1 Å². The molecule has 0 atom stereocenters. The summed E-state index contributed by atoms with van der Waals surface area (Å²) in [6.07, 6.45) is 3.84. The van der Waals surface area contributed by atoms with Crippen LogP contribution in [0.5, 0.6) is 11.5 Å². The first kappa shape index (κ1) is 15.8. The van der Waals surface area contributed by atoms with E-state index in [2.05, 4.69) is 18.9 Å². The van der Waals surface area contributed by atoms with Crippen LogP contribution in [0.2, 0.25) is 0 Å². The van der Waals surface area contributed by atoms with Crippen molar-refractivity contribution < 1.29 is 30.5 Å². The Balaban J connectivity index is 0.00000180. The summed E-state index contributed by atoms with van der Waals surface area (Å²) in [6.45, 7) is 4.19. The first-order valence-electron chi connectivity index (χ1n) is 5.93. The quantitative estimate of drug-likeness (QED) is 0.732. The van der Waals surface area contributed by atoms with Crippen LogP contribution < -0.4 is 9.47 Å². The van der Waals surface area contributed by atoms with Gasteiger partial charge in [-0.3, -0.25) is 4.68 Å². The molecule has 0 saturated carbocycles. The summed E-state index contributed by atoms with van der Waals surface area (Å²) in [5, 5.41) is 4.35. The summed E-state index contributed by atoms with van der Waals surface area (Å²) < 4.78 is 12.7. The minimum Gasteiger partial charge on any atom is -0.496 e. The molecule has 0 amide bonds. The molecule has 0 aliphatic carbocycles. The zero-order valence-electron chi connectivity index (χ0n) is 11.5. The van der Waals surface area contributed by atoms with Gasteiger partial charge in [0.1, 0.15) is 11.5 Å². The Hall–Kier alpha value is -1.28. The molecule has 2 rings (SSSR count). The molecule has 5 heteroatoms. The van der Waals surface area contributed by atoms with Crippen LogP contribution in [0.1, 0.15) is 19.9 Å². The molecule has 0 aliphatic rings. The van der Waals surface area contributed by atoms with Crippen molar-refractivity contribution in [3.63, 3.8) is 0 Å². The molecule has 0 unspecified atom stereocenters. The summed E-state index contributed by atoms with van der Waals surface area (Å²) in [4.78, 5) is 0. The number of benzene rings is 1. The van der Waals surface area contributed by atoms with E-state index in [1.807, 2.05) is 35.3 Å². The van der Waals surface area contributed by atoms with Crippen molar-refractivity contribution in [2.45, 2.75) is 19.9 Å². The third kappa shape index (κ3) is 3.19. The molecule has 0 radical (unpaired) electrons. The monoisotopic (exact) mass is 441 g/mol. The first-order valence-corrected chi connectivity index (χ1v) is 5.93. The smallest absolute Gasteiger partial charge is 0.130 e. The largest absolute Gasteiger partial charge is 0.496 e. The van der Waals surface area contributed by atoms with Gasteiger partial charge in [0.2, 0.25) is 0 Å². The van der Waals surface area contributed by atoms with E-state index in [0.717, 1.165) is 22.6 Å². The fourth-order valence-electron chi connectivity index (χ4n) is 1.89. The van der Waals surface area contributed by atoms with Gasteiger partial charge in [-0.1, -0.05) is 6.07 Å². The standard InChI is InChI=1S/C14H18N2O2.Pt/c1-10(2)16-9-11(8-15-16)14-12(17-3)6-5-7-13(14)18-4;/h5-10H,1-4H3;. The Morgan fingerprint density at radius 3 is 2.11 bits per heavy atom. The molecule has 0 saturated heterocycles. The van der Waals surface area contributed by atoms with Crippen molar-refractivity contribution in [3.05, 3.63) is 30.6 Å². The molecule has 4 nitrogen and oxygen atoms in total. The topological polar surface area (TPSA) is 36.3 Å². The molecule has 1 heterocycles. The fraction of sp³-hybridized carbons (Fsp3) is 0.357. The van der Waals surface area contributed by atoms with Gasteiger partial charge in [-0.25, -0.2) is 0 Å². The number of ether oxygens (including phenoxy) is 2. The summed E-state index contributed by atoms with van der Waals surface area (Å²) in [5.74, 6) is 1.58. The maximum atomic E-state index is 5.39. The Bertz CT molecular complexity index is 516. The molecule has 0 bridgehead atoms. The number of hydrogen-bond donors (Lipinski definition) is 0. The van der Waals surface area contributed by atoms with Gasteiger partial charge in [-0.15, -0.1) is 0 Å². The summed E-state index contributed by atoms with van der Waals surface area (Å²) >= 11 is 0. The van der Waals surface area contributed by atoms with E-state index in [9.17, 15) is 0 Å². The van der Waals surface area contributed by atoms with E-state index < -0.39 is 0 Å². The first-order chi connectivity index (χ1) is 8.67. The molecule has 0 N–H and O–H groups in total. The molecule has 0 spiro atoms. The van der Waals surface area contributed by atoms with Crippen LogP contribution in [0.25, 0.3) is 11.1 Å². The van der Waals surface area contributed by atoms with Crippen LogP contribution in [0.4, 0.5) is 0 Å². The van der Waals surface area contributed by atoms with Crippen molar-refractivity contribution in [2.24, 2.45) is 0 Å². The molecule has 19 heavy (non-hydrogen) atoms. The summed E-state index contributed by atoms with van der Waals surface area (Å²) in [7, 11) is 3.32. The van der Waals surface area contributed by atoms with Gasteiger partial charge < -0.3 is 9.47 Å². The minimum atomic E-state index is 0. The van der Waals surface area contributed by atoms with Crippen molar-refractivity contribution in [2.75, 3.05) is 14.2 Å². The predicted octanol–water partition coefficient (Wildman–Crippen LogP) is 3.15. The summed E-state index contributed by atoms with van der Waals surface area (Å²) in [6, 6.07) is 6.09. The Morgan fingerprint density at radius 2 is 1.68 bits per heavy atom. The molecular weight excluding hydrogens is 423 g/mol. The van der Waals surface area contributed by atoms with Gasteiger partial charge >= 0.3 is 0 Å². The second-order valence-electron chi connectivity index (χ2n) is 4.34. The second-order valence-corrected chi connectivity index (χ2v) is 4.34. The fourth-order valence-corrected chi connectivity index (χ4v) is 1.89. The molecule has 1 aromatic carbocycles. The van der Waals surface area contributed by atoms with Gasteiger partial charge in [-0.05, 0) is 26.0 Å². The number of aromatic nitrogens is 2. The van der Waals surface area contributed by atoms with Crippen molar-refractivity contribution in [3.8, 4) is 22.6 Å². The zero-order valence-corrected chi connectivity index (χ0v) is 13.8. The van der Waals surface area contributed by atoms with E-state index in [-0.39, 0.29) is 21.1 Å². The number of nitrogens with zero attached hydrogens (tertiary/aromatic N) is 2. The Kier molecular flexibility index (Phi) is 5.61. The minimum absolute atomic E-state index is 0. The van der Waals surface area contributed by atoms with Gasteiger partial charge in [0.25, 0.3) is 0 Å². The predicted molar refractivity (Wildman–Crippen MR) is 71.2 cm³/mol. The molecule has 106 valence electrons. The molecule has 2 aromatic rings. The van der Waals surface area contributed by atoms with Crippen molar-refractivity contribution >= 4 is 0 Å². The van der Waals surface area contributed by atoms with E-state index >= 15 is 0 Å². The zero-order chi connectivity index (χ0) is 13.1. The van der Waals surface area contributed by atoms with Gasteiger partial charge in [0.05, 0.1) is 26.0 Å². The third-order valence-corrected chi connectivity index (χ3v) is 2.85. The van der Waals surface area contributed by atoms with Crippen molar-refractivity contribution in [1.82, 2.24) is 9.78 Å². The van der Waals surface area contributed by atoms with Crippen LogP contribution >= 0.6 is 0 Å². The maximum absolute atomic E-state index is 5.39. The average molecular weight is 441 g/mol. The molecule has 0 fully saturated rings. The molecule has 0 aliphatic heterocycles. The average Bonchev–Trinajstić information content (AvgIpc) is 2.87. The number of hydrogen-bond acceptors (Lipinski definition) is 3. The van der Waals surface area contributed by atoms with Crippen LogP contribution in [-0.4, -0.2) is 24.0 Å². The van der Waals surface area contributed by atoms with Crippen molar-refractivity contribution in [1.29, 1.82) is 0 Å².